The van der Waals surface area contributed by atoms with E-state index in [-0.39, 0.29) is 38.6 Å². The molecule has 2 amide bonds. The highest BCUT2D eigenvalue weighted by Crippen LogP contribution is 2.51. The number of amides is 2. The zero-order chi connectivity index (χ0) is 29.8. The second-order valence-corrected chi connectivity index (χ2v) is 10.6. The van der Waals surface area contributed by atoms with Gasteiger partial charge in [-0.2, -0.15) is 0 Å². The fourth-order valence-corrected chi connectivity index (χ4v) is 5.94. The summed E-state index contributed by atoms with van der Waals surface area (Å²) in [4.78, 5) is 32.1. The van der Waals surface area contributed by atoms with Crippen LogP contribution in [0.25, 0.3) is 10.9 Å². The molecule has 10 nitrogen and oxygen atoms in total. The maximum Gasteiger partial charge on any atom is 0.247 e. The Morgan fingerprint density at radius 1 is 1.21 bits per heavy atom. The Bertz CT molecular complexity index is 1460. The number of H-pyrrole nitrogens is 1. The van der Waals surface area contributed by atoms with Crippen molar-refractivity contribution in [2.45, 2.75) is 50.0 Å². The van der Waals surface area contributed by atoms with Crippen LogP contribution in [0.1, 0.15) is 35.6 Å². The van der Waals surface area contributed by atoms with Crippen molar-refractivity contribution in [2.75, 3.05) is 26.8 Å². The summed E-state index contributed by atoms with van der Waals surface area (Å²) < 4.78 is 11.8. The Morgan fingerprint density at radius 3 is 2.74 bits per heavy atom. The summed E-state index contributed by atoms with van der Waals surface area (Å²) in [5.74, 6) is -0.537. The average Bonchev–Trinajstić information content (AvgIpc) is 3.61. The number of nitrogens with zero attached hydrogens (tertiary/aromatic N) is 1. The molecule has 222 valence electrons. The summed E-state index contributed by atoms with van der Waals surface area (Å²) in [5, 5.41) is 34.8. The highest BCUT2D eigenvalue weighted by atomic mass is 16.5. The van der Waals surface area contributed by atoms with Gasteiger partial charge in [-0.05, 0) is 47.7 Å². The van der Waals surface area contributed by atoms with Gasteiger partial charge in [0.1, 0.15) is 12.2 Å². The molecule has 42 heavy (non-hydrogen) atoms. The number of aliphatic hydroxyl groups excluding tert-OH is 3. The lowest BCUT2D eigenvalue weighted by molar-refractivity contribution is -0.137. The number of rotatable bonds is 12. The number of hydrogen-bond donors (Lipinski definition) is 5. The molecule has 2 heterocycles. The predicted molar refractivity (Wildman–Crippen MR) is 157 cm³/mol. The van der Waals surface area contributed by atoms with E-state index >= 15 is 0 Å². The average molecular weight is 576 g/mol. The van der Waals surface area contributed by atoms with Crippen LogP contribution in [0.5, 0.6) is 11.5 Å². The smallest absolute Gasteiger partial charge is 0.247 e. The third-order valence-corrected chi connectivity index (χ3v) is 7.95. The van der Waals surface area contributed by atoms with E-state index < -0.39 is 30.1 Å². The number of methoxy groups -OCH3 is 1. The summed E-state index contributed by atoms with van der Waals surface area (Å²) in [5.41, 5.74) is 3.42. The van der Waals surface area contributed by atoms with Gasteiger partial charge in [-0.3, -0.25) is 9.59 Å². The summed E-state index contributed by atoms with van der Waals surface area (Å²) in [6.07, 6.45) is 2.42. The van der Waals surface area contributed by atoms with Gasteiger partial charge in [0.25, 0.3) is 0 Å². The first-order valence-electron chi connectivity index (χ1n) is 14.1. The van der Waals surface area contributed by atoms with E-state index in [1.807, 2.05) is 30.3 Å². The van der Waals surface area contributed by atoms with E-state index in [1.165, 1.54) is 7.11 Å². The van der Waals surface area contributed by atoms with Crippen molar-refractivity contribution in [1.29, 1.82) is 0 Å². The summed E-state index contributed by atoms with van der Waals surface area (Å²) in [6.45, 7) is 3.57. The molecular formula is C32H37N3O7. The number of allylic oxidation sites excluding steroid dienone is 1. The fourth-order valence-electron chi connectivity index (χ4n) is 5.94. The van der Waals surface area contributed by atoms with E-state index in [0.29, 0.717) is 41.0 Å². The first-order valence-corrected chi connectivity index (χ1v) is 14.1. The van der Waals surface area contributed by atoms with E-state index in [9.17, 15) is 24.9 Å². The molecule has 4 atom stereocenters. The zero-order valence-electron chi connectivity index (χ0n) is 23.6. The van der Waals surface area contributed by atoms with E-state index in [1.54, 1.807) is 29.2 Å². The van der Waals surface area contributed by atoms with Gasteiger partial charge in [-0.25, -0.2) is 0 Å². The minimum Gasteiger partial charge on any atom is -0.493 e. The molecule has 0 bridgehead atoms. The van der Waals surface area contributed by atoms with Crippen LogP contribution in [0.4, 0.5) is 0 Å². The Kier molecular flexibility index (Phi) is 8.96. The molecule has 2 aliphatic rings. The number of aliphatic hydroxyl groups is 3. The van der Waals surface area contributed by atoms with Crippen molar-refractivity contribution >= 4 is 22.7 Å². The van der Waals surface area contributed by atoms with Gasteiger partial charge in [0.15, 0.2) is 11.5 Å². The number of carbonyl (C=O) groups is 2. The largest absolute Gasteiger partial charge is 0.493 e. The number of nitrogens with one attached hydrogen (secondary N) is 2. The van der Waals surface area contributed by atoms with Crippen LogP contribution >= 0.6 is 0 Å². The number of benzene rings is 2. The normalized spacial score (nSPS) is 20.7. The second kappa shape index (κ2) is 12.8. The highest BCUT2D eigenvalue weighted by Gasteiger charge is 2.51. The number of hydrogen-bond acceptors (Lipinski definition) is 7. The van der Waals surface area contributed by atoms with Crippen molar-refractivity contribution < 1.29 is 34.4 Å². The van der Waals surface area contributed by atoms with Gasteiger partial charge < -0.3 is 40.0 Å². The van der Waals surface area contributed by atoms with E-state index in [0.717, 1.165) is 16.6 Å². The monoisotopic (exact) mass is 575 g/mol. The third kappa shape index (κ3) is 5.65. The maximum atomic E-state index is 13.6. The first-order chi connectivity index (χ1) is 20.4. The molecule has 5 rings (SSSR count). The van der Waals surface area contributed by atoms with Crippen molar-refractivity contribution in [1.82, 2.24) is 15.2 Å². The summed E-state index contributed by atoms with van der Waals surface area (Å²) >= 11 is 0. The van der Waals surface area contributed by atoms with Gasteiger partial charge in [0.2, 0.25) is 11.8 Å². The Labute approximate surface area is 244 Å². The topological polar surface area (TPSA) is 144 Å². The number of ether oxygens (including phenoxy) is 2. The van der Waals surface area contributed by atoms with Crippen LogP contribution in [0.3, 0.4) is 0 Å². The minimum atomic E-state index is -1.17. The van der Waals surface area contributed by atoms with Gasteiger partial charge in [-0.15, -0.1) is 6.58 Å². The van der Waals surface area contributed by atoms with Crippen molar-refractivity contribution in [3.8, 4) is 11.5 Å². The summed E-state index contributed by atoms with van der Waals surface area (Å²) in [6, 6.07) is 12.5. The molecule has 0 saturated carbocycles. The van der Waals surface area contributed by atoms with Gasteiger partial charge in [-0.1, -0.05) is 24.3 Å². The minimum absolute atomic E-state index is 0.0385. The predicted octanol–water partition coefficient (Wildman–Crippen LogP) is 2.33. The Morgan fingerprint density at radius 2 is 2.02 bits per heavy atom. The molecule has 1 aliphatic carbocycles. The maximum absolute atomic E-state index is 13.6. The molecule has 2 aromatic carbocycles. The SMILES string of the molecule is C=CCCC(=O)N(CCc1cc2ccccc2[nH]1)C1C=C(C(=O)NCCO)C2c3cc(CO)cc(OC)c3OC2C1O. The molecule has 1 aliphatic heterocycles. The molecule has 5 N–H and O–H groups in total. The molecule has 0 saturated heterocycles. The van der Waals surface area contributed by atoms with Crippen LogP contribution in [0.15, 0.2) is 66.8 Å². The fraction of sp³-hybridized carbons (Fsp3) is 0.375. The molecule has 3 aromatic rings. The lowest BCUT2D eigenvalue weighted by Crippen LogP contribution is -2.56. The highest BCUT2D eigenvalue weighted by molar-refractivity contribution is 5.96. The molecule has 4 unspecified atom stereocenters. The third-order valence-electron chi connectivity index (χ3n) is 7.95. The van der Waals surface area contributed by atoms with Crippen LogP contribution in [-0.2, 0) is 22.6 Å². The molecule has 0 radical (unpaired) electrons. The zero-order valence-corrected chi connectivity index (χ0v) is 23.6. The number of aromatic amines is 1. The van der Waals surface area contributed by atoms with E-state index in [2.05, 4.69) is 16.9 Å². The first kappa shape index (κ1) is 29.4. The van der Waals surface area contributed by atoms with Crippen molar-refractivity contribution in [2.24, 2.45) is 0 Å². The Hall–Kier alpha value is -4.12. The van der Waals surface area contributed by atoms with Crippen molar-refractivity contribution in [3.05, 3.63) is 83.6 Å². The van der Waals surface area contributed by atoms with Crippen LogP contribution in [-0.4, -0.2) is 82.1 Å². The van der Waals surface area contributed by atoms with Gasteiger partial charge in [0.05, 0.1) is 32.3 Å². The number of para-hydroxylation sites is 1. The standard InChI is InChI=1S/C32H37N3O7/c1-3-4-9-27(38)35(12-10-21-16-20-7-5-6-8-24(20)34-21)25-17-23(32(40)33-11-13-36)28-22-14-19(18-37)15-26(41-2)30(22)42-31(28)29(25)39/h3,5-8,14-17,25,28-29,31,34,36-37,39H,1,4,9-13,18H2,2H3,(H,33,40). The van der Waals surface area contributed by atoms with Crippen LogP contribution < -0.4 is 14.8 Å². The van der Waals surface area contributed by atoms with Crippen LogP contribution in [0, 0.1) is 0 Å². The molecule has 0 fully saturated rings. The quantitative estimate of drug-likeness (QED) is 0.209. The van der Waals surface area contributed by atoms with Gasteiger partial charge >= 0.3 is 0 Å². The Balaban J connectivity index is 1.53. The number of aromatic nitrogens is 1. The number of carbonyl (C=O) groups excluding carboxylic acids is 2. The van der Waals surface area contributed by atoms with E-state index in [4.69, 9.17) is 9.47 Å². The molecular weight excluding hydrogens is 538 g/mol. The lowest BCUT2D eigenvalue weighted by atomic mass is 9.77. The molecule has 10 heteroatoms. The number of fused-ring (bicyclic) bond motifs is 4. The van der Waals surface area contributed by atoms with Crippen LogP contribution in [0.2, 0.25) is 0 Å². The van der Waals surface area contributed by atoms with Gasteiger partial charge in [0, 0.05) is 48.3 Å². The second-order valence-electron chi connectivity index (χ2n) is 10.6. The lowest BCUT2D eigenvalue weighted by Gasteiger charge is -2.40. The molecule has 0 spiro atoms. The molecule has 1 aromatic heterocycles. The van der Waals surface area contributed by atoms with Crippen molar-refractivity contribution in [3.63, 3.8) is 0 Å². The summed E-state index contributed by atoms with van der Waals surface area (Å²) in [7, 11) is 1.48.